The molecule has 2 aliphatic rings. The van der Waals surface area contributed by atoms with Gasteiger partial charge in [0.15, 0.2) is 5.78 Å². The van der Waals surface area contributed by atoms with E-state index in [4.69, 9.17) is 4.74 Å². The molecule has 0 spiro atoms. The van der Waals surface area contributed by atoms with E-state index in [9.17, 15) is 9.59 Å². The SMILES string of the molecule is C[N+]1(CCNC(=O)c2cccc3c2-c2ccccc2C3=O)CCOCC1. The highest BCUT2D eigenvalue weighted by Crippen LogP contribution is 2.38. The predicted molar refractivity (Wildman–Crippen MR) is 99.2 cm³/mol. The van der Waals surface area contributed by atoms with E-state index in [0.29, 0.717) is 23.2 Å². The molecule has 1 aliphatic carbocycles. The molecule has 1 fully saturated rings. The van der Waals surface area contributed by atoms with E-state index in [2.05, 4.69) is 12.4 Å². The van der Waals surface area contributed by atoms with Crippen molar-refractivity contribution in [3.05, 3.63) is 59.2 Å². The molecule has 5 nitrogen and oxygen atoms in total. The smallest absolute Gasteiger partial charge is 0.252 e. The number of hydrogen-bond donors (Lipinski definition) is 1. The number of nitrogens with one attached hydrogen (secondary N) is 1. The van der Waals surface area contributed by atoms with Crippen molar-refractivity contribution in [2.45, 2.75) is 0 Å². The van der Waals surface area contributed by atoms with Gasteiger partial charge in [-0.3, -0.25) is 9.59 Å². The number of ether oxygens (including phenoxy) is 1. The van der Waals surface area contributed by atoms with E-state index in [1.54, 1.807) is 18.2 Å². The lowest BCUT2D eigenvalue weighted by atomic mass is 9.99. The van der Waals surface area contributed by atoms with Gasteiger partial charge in [-0.1, -0.05) is 36.4 Å². The second-order valence-electron chi connectivity index (χ2n) is 7.26. The van der Waals surface area contributed by atoms with Crippen LogP contribution >= 0.6 is 0 Å². The van der Waals surface area contributed by atoms with E-state index in [-0.39, 0.29) is 11.7 Å². The highest BCUT2D eigenvalue weighted by Gasteiger charge is 2.30. The molecule has 1 heterocycles. The Labute approximate surface area is 153 Å². The van der Waals surface area contributed by atoms with Gasteiger partial charge in [-0.2, -0.15) is 0 Å². The van der Waals surface area contributed by atoms with Gasteiger partial charge in [0.25, 0.3) is 5.91 Å². The van der Waals surface area contributed by atoms with Crippen LogP contribution in [0.25, 0.3) is 11.1 Å². The van der Waals surface area contributed by atoms with Crippen LogP contribution in [0.4, 0.5) is 0 Å². The van der Waals surface area contributed by atoms with Gasteiger partial charge in [-0.05, 0) is 11.6 Å². The predicted octanol–water partition coefficient (Wildman–Crippen LogP) is 2.10. The Morgan fingerprint density at radius 2 is 1.73 bits per heavy atom. The zero-order valence-corrected chi connectivity index (χ0v) is 15.0. The second-order valence-corrected chi connectivity index (χ2v) is 7.26. The number of carbonyl (C=O) groups is 2. The summed E-state index contributed by atoms with van der Waals surface area (Å²) in [4.78, 5) is 25.4. The standard InChI is InChI=1S/C21H22N2O3/c1-23(11-13-26-14-12-23)10-9-22-21(25)18-8-4-7-17-19(18)15-5-2-3-6-16(15)20(17)24/h2-8H,9-14H2,1H3/p+1. The number of nitrogens with zero attached hydrogens (tertiary/aromatic N) is 1. The summed E-state index contributed by atoms with van der Waals surface area (Å²) in [5, 5.41) is 3.04. The highest BCUT2D eigenvalue weighted by atomic mass is 16.5. The van der Waals surface area contributed by atoms with Crippen molar-refractivity contribution in [1.82, 2.24) is 5.32 Å². The summed E-state index contributed by atoms with van der Waals surface area (Å²) < 4.78 is 6.33. The summed E-state index contributed by atoms with van der Waals surface area (Å²) in [6.07, 6.45) is 0. The topological polar surface area (TPSA) is 55.4 Å². The number of ketones is 1. The zero-order valence-electron chi connectivity index (χ0n) is 15.0. The minimum absolute atomic E-state index is 0.00312. The van der Waals surface area contributed by atoms with E-state index in [1.165, 1.54) is 0 Å². The summed E-state index contributed by atoms with van der Waals surface area (Å²) in [6.45, 7) is 4.97. The number of hydrogen-bond acceptors (Lipinski definition) is 3. The van der Waals surface area contributed by atoms with Gasteiger partial charge in [0, 0.05) is 22.3 Å². The summed E-state index contributed by atoms with van der Waals surface area (Å²) in [6, 6.07) is 12.9. The van der Waals surface area contributed by atoms with E-state index < -0.39 is 0 Å². The molecule has 26 heavy (non-hydrogen) atoms. The number of fused-ring (bicyclic) bond motifs is 3. The number of benzene rings is 2. The average Bonchev–Trinajstić information content (AvgIpc) is 2.95. The van der Waals surface area contributed by atoms with Gasteiger partial charge >= 0.3 is 0 Å². The van der Waals surface area contributed by atoms with Crippen LogP contribution in [0, 0.1) is 0 Å². The fourth-order valence-electron chi connectivity index (χ4n) is 3.81. The van der Waals surface area contributed by atoms with Gasteiger partial charge in [0.05, 0.1) is 33.4 Å². The van der Waals surface area contributed by atoms with Crippen molar-refractivity contribution in [3.8, 4) is 11.1 Å². The molecule has 4 rings (SSSR count). The molecule has 2 aromatic carbocycles. The maximum atomic E-state index is 12.8. The summed E-state index contributed by atoms with van der Waals surface area (Å²) in [7, 11) is 2.20. The Balaban J connectivity index is 1.53. The Morgan fingerprint density at radius 3 is 2.50 bits per heavy atom. The highest BCUT2D eigenvalue weighted by molar-refractivity contribution is 6.24. The summed E-state index contributed by atoms with van der Waals surface area (Å²) >= 11 is 0. The van der Waals surface area contributed by atoms with Crippen LogP contribution in [-0.2, 0) is 4.74 Å². The lowest BCUT2D eigenvalue weighted by molar-refractivity contribution is -0.915. The van der Waals surface area contributed by atoms with Crippen molar-refractivity contribution in [3.63, 3.8) is 0 Å². The largest absolute Gasteiger partial charge is 0.370 e. The molecule has 0 unspecified atom stereocenters. The maximum Gasteiger partial charge on any atom is 0.252 e. The van der Waals surface area contributed by atoms with E-state index in [0.717, 1.165) is 48.5 Å². The van der Waals surface area contributed by atoms with Gasteiger partial charge < -0.3 is 14.5 Å². The normalized spacial score (nSPS) is 17.5. The fraction of sp³-hybridized carbons (Fsp3) is 0.333. The Bertz CT molecular complexity index is 869. The number of carbonyl (C=O) groups excluding carboxylic acids is 2. The Kier molecular flexibility index (Phi) is 4.34. The molecule has 0 bridgehead atoms. The summed E-state index contributed by atoms with van der Waals surface area (Å²) in [5.74, 6) is -0.122. The van der Waals surface area contributed by atoms with Gasteiger partial charge in [0.1, 0.15) is 13.1 Å². The molecule has 1 saturated heterocycles. The molecule has 5 heteroatoms. The molecule has 134 valence electrons. The van der Waals surface area contributed by atoms with E-state index in [1.807, 2.05) is 24.3 Å². The first-order valence-corrected chi connectivity index (χ1v) is 9.06. The number of quaternary nitrogens is 1. The second kappa shape index (κ2) is 6.67. The van der Waals surface area contributed by atoms with Crippen molar-refractivity contribution in [2.24, 2.45) is 0 Å². The molecule has 1 amide bonds. The molecule has 2 aromatic rings. The fourth-order valence-corrected chi connectivity index (χ4v) is 3.81. The first-order valence-electron chi connectivity index (χ1n) is 9.06. The molecular formula is C21H23N2O3+. The molecule has 0 saturated carbocycles. The zero-order chi connectivity index (χ0) is 18.1. The van der Waals surface area contributed by atoms with Crippen LogP contribution in [0.3, 0.4) is 0 Å². The molecule has 1 N–H and O–H groups in total. The molecule has 1 aliphatic heterocycles. The van der Waals surface area contributed by atoms with Crippen molar-refractivity contribution < 1.29 is 18.8 Å². The van der Waals surface area contributed by atoms with Gasteiger partial charge in [0.2, 0.25) is 0 Å². The van der Waals surface area contributed by atoms with Crippen LogP contribution in [0.5, 0.6) is 0 Å². The van der Waals surface area contributed by atoms with Gasteiger partial charge in [-0.15, -0.1) is 0 Å². The third-order valence-corrected chi connectivity index (χ3v) is 5.48. The van der Waals surface area contributed by atoms with Crippen LogP contribution in [-0.4, -0.2) is 62.6 Å². The number of amides is 1. The third kappa shape index (κ3) is 2.93. The first kappa shape index (κ1) is 16.9. The van der Waals surface area contributed by atoms with Gasteiger partial charge in [-0.25, -0.2) is 0 Å². The minimum Gasteiger partial charge on any atom is -0.370 e. The monoisotopic (exact) mass is 351 g/mol. The lowest BCUT2D eigenvalue weighted by Crippen LogP contribution is -2.54. The minimum atomic E-state index is -0.119. The third-order valence-electron chi connectivity index (χ3n) is 5.48. The van der Waals surface area contributed by atoms with Crippen molar-refractivity contribution in [1.29, 1.82) is 0 Å². The van der Waals surface area contributed by atoms with Crippen molar-refractivity contribution >= 4 is 11.7 Å². The quantitative estimate of drug-likeness (QED) is 0.733. The first-order chi connectivity index (χ1) is 12.6. The number of morpholine rings is 1. The van der Waals surface area contributed by atoms with Crippen LogP contribution in [0.1, 0.15) is 26.3 Å². The number of rotatable bonds is 4. The van der Waals surface area contributed by atoms with Crippen LogP contribution in [0.15, 0.2) is 42.5 Å². The summed E-state index contributed by atoms with van der Waals surface area (Å²) in [5.41, 5.74) is 3.48. The van der Waals surface area contributed by atoms with Crippen LogP contribution < -0.4 is 5.32 Å². The molecule has 0 radical (unpaired) electrons. The van der Waals surface area contributed by atoms with E-state index >= 15 is 0 Å². The van der Waals surface area contributed by atoms with Crippen LogP contribution in [0.2, 0.25) is 0 Å². The van der Waals surface area contributed by atoms with Crippen molar-refractivity contribution in [2.75, 3.05) is 46.4 Å². The average molecular weight is 351 g/mol. The molecule has 0 atom stereocenters. The Hall–Kier alpha value is -2.50. The lowest BCUT2D eigenvalue weighted by Gasteiger charge is -2.37. The Morgan fingerprint density at radius 1 is 1.04 bits per heavy atom. The maximum absolute atomic E-state index is 12.8. The molecule has 0 aromatic heterocycles. The molecular weight excluding hydrogens is 328 g/mol. The number of likely N-dealkylation sites (N-methyl/N-ethyl adjacent to an activating group) is 1.